The summed E-state index contributed by atoms with van der Waals surface area (Å²) >= 11 is 0. The summed E-state index contributed by atoms with van der Waals surface area (Å²) in [6.07, 6.45) is 1.67. The Morgan fingerprint density at radius 3 is 2.77 bits per heavy atom. The van der Waals surface area contributed by atoms with Crippen LogP contribution in [0.5, 0.6) is 0 Å². The lowest BCUT2D eigenvalue weighted by Gasteiger charge is -2.12. The van der Waals surface area contributed by atoms with Crippen molar-refractivity contribution in [3.63, 3.8) is 0 Å². The summed E-state index contributed by atoms with van der Waals surface area (Å²) in [7, 11) is -3.47. The van der Waals surface area contributed by atoms with Crippen LogP contribution < -0.4 is 4.72 Å². The number of sulfonamides is 1. The van der Waals surface area contributed by atoms with E-state index >= 15 is 0 Å². The van der Waals surface area contributed by atoms with Crippen molar-refractivity contribution in [1.29, 1.82) is 0 Å². The molecule has 26 heavy (non-hydrogen) atoms. The predicted molar refractivity (Wildman–Crippen MR) is 101 cm³/mol. The van der Waals surface area contributed by atoms with Crippen LogP contribution in [0.3, 0.4) is 0 Å². The number of furan rings is 1. The van der Waals surface area contributed by atoms with E-state index in [0.29, 0.717) is 12.3 Å². The van der Waals surface area contributed by atoms with Crippen molar-refractivity contribution in [2.24, 2.45) is 0 Å². The molecule has 2 heterocycles. The summed E-state index contributed by atoms with van der Waals surface area (Å²) in [6, 6.07) is 16.7. The molecular formula is C19H19N3O3S. The van der Waals surface area contributed by atoms with Crippen LogP contribution in [0.1, 0.15) is 18.7 Å². The van der Waals surface area contributed by atoms with Gasteiger partial charge in [0.25, 0.3) is 0 Å². The molecule has 7 heteroatoms. The van der Waals surface area contributed by atoms with Crippen LogP contribution in [0.4, 0.5) is 0 Å². The van der Waals surface area contributed by atoms with Crippen molar-refractivity contribution in [3.05, 3.63) is 66.7 Å². The highest BCUT2D eigenvalue weighted by Gasteiger charge is 2.19. The van der Waals surface area contributed by atoms with Crippen molar-refractivity contribution in [2.75, 3.05) is 5.75 Å². The Balaban J connectivity index is 1.46. The maximum Gasteiger partial charge on any atom is 0.214 e. The number of rotatable bonds is 6. The van der Waals surface area contributed by atoms with Gasteiger partial charge in [-0.25, -0.2) is 18.1 Å². The van der Waals surface area contributed by atoms with E-state index in [9.17, 15) is 8.42 Å². The lowest BCUT2D eigenvalue weighted by Crippen LogP contribution is -2.30. The molecule has 4 rings (SSSR count). The fourth-order valence-corrected chi connectivity index (χ4v) is 4.22. The summed E-state index contributed by atoms with van der Waals surface area (Å²) in [6.45, 7) is 2.12. The third-order valence-corrected chi connectivity index (χ3v) is 5.79. The second-order valence-corrected chi connectivity index (χ2v) is 8.15. The highest BCUT2D eigenvalue weighted by molar-refractivity contribution is 7.89. The summed E-state index contributed by atoms with van der Waals surface area (Å²) in [5, 5.41) is 0.957. The quantitative estimate of drug-likeness (QED) is 0.565. The molecule has 0 aliphatic heterocycles. The minimum absolute atomic E-state index is 0.0298. The molecule has 0 aliphatic rings. The van der Waals surface area contributed by atoms with E-state index in [1.165, 1.54) is 0 Å². The summed E-state index contributed by atoms with van der Waals surface area (Å²) < 4.78 is 35.2. The van der Waals surface area contributed by atoms with Gasteiger partial charge >= 0.3 is 0 Å². The van der Waals surface area contributed by atoms with Crippen molar-refractivity contribution in [3.8, 4) is 0 Å². The molecule has 134 valence electrons. The molecular weight excluding hydrogens is 350 g/mol. The van der Waals surface area contributed by atoms with Gasteiger partial charge in [0.05, 0.1) is 29.2 Å². The zero-order valence-electron chi connectivity index (χ0n) is 14.3. The Hall–Kier alpha value is -2.64. The molecule has 1 N–H and O–H groups in total. The summed E-state index contributed by atoms with van der Waals surface area (Å²) in [5.41, 5.74) is 2.53. The monoisotopic (exact) mass is 369 g/mol. The van der Waals surface area contributed by atoms with Gasteiger partial charge in [-0.2, -0.15) is 0 Å². The van der Waals surface area contributed by atoms with E-state index in [-0.39, 0.29) is 5.75 Å². The molecule has 1 atom stereocenters. The van der Waals surface area contributed by atoms with Crippen LogP contribution in [0.2, 0.25) is 0 Å². The predicted octanol–water partition coefficient (Wildman–Crippen LogP) is 3.46. The summed E-state index contributed by atoms with van der Waals surface area (Å²) in [5.74, 6) is 0.570. The van der Waals surface area contributed by atoms with Crippen molar-refractivity contribution >= 4 is 32.0 Å². The van der Waals surface area contributed by atoms with Crippen molar-refractivity contribution < 1.29 is 12.8 Å². The van der Waals surface area contributed by atoms with Crippen LogP contribution in [0.25, 0.3) is 22.0 Å². The zero-order valence-corrected chi connectivity index (χ0v) is 15.1. The first kappa shape index (κ1) is 16.8. The van der Waals surface area contributed by atoms with Gasteiger partial charge in [0.15, 0.2) is 0 Å². The minimum atomic E-state index is -3.47. The first-order valence-corrected chi connectivity index (χ1v) is 10.1. The number of para-hydroxylation sites is 3. The fourth-order valence-electron chi connectivity index (χ4n) is 3.01. The molecule has 0 saturated carbocycles. The molecule has 0 saturated heterocycles. The Morgan fingerprint density at radius 2 is 1.92 bits per heavy atom. The van der Waals surface area contributed by atoms with Crippen LogP contribution in [-0.2, 0) is 16.6 Å². The molecule has 0 spiro atoms. The SMILES string of the molecule is C[C@H](NS(=O)(=O)CCn1cnc2ccccc21)c1cc2ccccc2o1. The molecule has 2 aromatic heterocycles. The van der Waals surface area contributed by atoms with Crippen LogP contribution >= 0.6 is 0 Å². The smallest absolute Gasteiger partial charge is 0.214 e. The number of benzene rings is 2. The maximum atomic E-state index is 12.5. The topological polar surface area (TPSA) is 77.1 Å². The number of aromatic nitrogens is 2. The normalized spacial score (nSPS) is 13.4. The molecule has 6 nitrogen and oxygen atoms in total. The fraction of sp³-hybridized carbons (Fsp3) is 0.211. The Kier molecular flexibility index (Phi) is 4.26. The van der Waals surface area contributed by atoms with E-state index < -0.39 is 16.1 Å². The average molecular weight is 369 g/mol. The van der Waals surface area contributed by atoms with Gasteiger partial charge in [0.1, 0.15) is 11.3 Å². The van der Waals surface area contributed by atoms with Gasteiger partial charge in [-0.15, -0.1) is 0 Å². The minimum Gasteiger partial charge on any atom is -0.459 e. The number of hydrogen-bond donors (Lipinski definition) is 1. The third kappa shape index (κ3) is 3.36. The maximum absolute atomic E-state index is 12.5. The zero-order chi connectivity index (χ0) is 18.1. The van der Waals surface area contributed by atoms with E-state index in [2.05, 4.69) is 9.71 Å². The first-order valence-electron chi connectivity index (χ1n) is 8.40. The molecule has 0 bridgehead atoms. The largest absolute Gasteiger partial charge is 0.459 e. The molecule has 0 amide bonds. The van der Waals surface area contributed by atoms with Crippen molar-refractivity contribution in [1.82, 2.24) is 14.3 Å². The Bertz CT molecular complexity index is 1130. The third-order valence-electron chi connectivity index (χ3n) is 4.36. The van der Waals surface area contributed by atoms with Crippen LogP contribution in [-0.4, -0.2) is 23.7 Å². The lowest BCUT2D eigenvalue weighted by atomic mass is 10.2. The number of imidazole rings is 1. The van der Waals surface area contributed by atoms with Gasteiger partial charge in [-0.1, -0.05) is 30.3 Å². The standard InChI is InChI=1S/C19H19N3O3S/c1-14(19-12-15-6-2-5-9-18(15)25-19)21-26(23,24)11-10-22-13-20-16-7-3-4-8-17(16)22/h2-9,12-14,21H,10-11H2,1H3/t14-/m0/s1. The number of nitrogens with one attached hydrogen (secondary N) is 1. The molecule has 0 unspecified atom stereocenters. The van der Waals surface area contributed by atoms with E-state index in [0.717, 1.165) is 22.0 Å². The van der Waals surface area contributed by atoms with Crippen LogP contribution in [0.15, 0.2) is 65.3 Å². The molecule has 4 aromatic rings. The second-order valence-electron chi connectivity index (χ2n) is 6.27. The van der Waals surface area contributed by atoms with E-state index in [4.69, 9.17) is 4.42 Å². The molecule has 0 radical (unpaired) electrons. The van der Waals surface area contributed by atoms with Gasteiger partial charge < -0.3 is 8.98 Å². The Labute approximate surface area is 151 Å². The number of hydrogen-bond acceptors (Lipinski definition) is 4. The van der Waals surface area contributed by atoms with Gasteiger partial charge in [0, 0.05) is 11.9 Å². The highest BCUT2D eigenvalue weighted by atomic mass is 32.2. The highest BCUT2D eigenvalue weighted by Crippen LogP contribution is 2.24. The molecule has 0 aliphatic carbocycles. The average Bonchev–Trinajstić information content (AvgIpc) is 3.24. The summed E-state index contributed by atoms with van der Waals surface area (Å²) in [4.78, 5) is 4.28. The van der Waals surface area contributed by atoms with Crippen LogP contribution in [0, 0.1) is 0 Å². The number of nitrogens with zero attached hydrogens (tertiary/aromatic N) is 2. The van der Waals surface area contributed by atoms with E-state index in [1.54, 1.807) is 13.3 Å². The lowest BCUT2D eigenvalue weighted by molar-refractivity contribution is 0.483. The Morgan fingerprint density at radius 1 is 1.15 bits per heavy atom. The van der Waals surface area contributed by atoms with Gasteiger partial charge in [-0.3, -0.25) is 0 Å². The van der Waals surface area contributed by atoms with Gasteiger partial charge in [-0.05, 0) is 31.2 Å². The number of fused-ring (bicyclic) bond motifs is 2. The molecule has 0 fully saturated rings. The van der Waals surface area contributed by atoms with Gasteiger partial charge in [0.2, 0.25) is 10.0 Å². The van der Waals surface area contributed by atoms with Crippen molar-refractivity contribution in [2.45, 2.75) is 19.5 Å². The number of aryl methyl sites for hydroxylation is 1. The van der Waals surface area contributed by atoms with E-state index in [1.807, 2.05) is 59.2 Å². The second kappa shape index (κ2) is 6.59. The first-order chi connectivity index (χ1) is 12.5. The molecule has 2 aromatic carbocycles.